The van der Waals surface area contributed by atoms with Gasteiger partial charge in [-0.3, -0.25) is 9.59 Å². The second kappa shape index (κ2) is 4.64. The molecule has 0 aromatic heterocycles. The fourth-order valence-electron chi connectivity index (χ4n) is 3.07. The van der Waals surface area contributed by atoms with Crippen molar-refractivity contribution in [1.82, 2.24) is 0 Å². The second-order valence-corrected chi connectivity index (χ2v) is 4.95. The molecular weight excluding hydrogens is 258 g/mol. The summed E-state index contributed by atoms with van der Waals surface area (Å²) < 4.78 is 9.52. The van der Waals surface area contributed by atoms with Gasteiger partial charge in [0.05, 0.1) is 25.7 Å². The Morgan fingerprint density at radius 2 is 1.65 bits per heavy atom. The normalized spacial score (nSPS) is 26.2. The Balaban J connectivity index is 2.60. The number of methoxy groups -OCH3 is 2. The van der Waals surface area contributed by atoms with E-state index in [1.165, 1.54) is 14.2 Å². The zero-order chi connectivity index (χ0) is 15.0. The van der Waals surface area contributed by atoms with E-state index in [1.807, 2.05) is 6.07 Å². The van der Waals surface area contributed by atoms with Crippen molar-refractivity contribution in [3.05, 3.63) is 35.9 Å². The lowest BCUT2D eigenvalue weighted by atomic mass is 9.95. The van der Waals surface area contributed by atoms with E-state index in [0.717, 1.165) is 5.56 Å². The van der Waals surface area contributed by atoms with E-state index in [0.29, 0.717) is 0 Å². The van der Waals surface area contributed by atoms with Gasteiger partial charge in [0.25, 0.3) is 0 Å². The summed E-state index contributed by atoms with van der Waals surface area (Å²) in [5.41, 5.74) is -2.02. The van der Waals surface area contributed by atoms with Crippen LogP contribution in [0, 0.1) is 22.2 Å². The topological polar surface area (TPSA) is 76.4 Å². The van der Waals surface area contributed by atoms with Crippen molar-refractivity contribution in [3.8, 4) is 6.07 Å². The van der Waals surface area contributed by atoms with Crippen LogP contribution in [0.15, 0.2) is 30.3 Å². The van der Waals surface area contributed by atoms with Gasteiger partial charge in [0.1, 0.15) is 0 Å². The highest BCUT2D eigenvalue weighted by molar-refractivity contribution is 6.08. The molecule has 0 heterocycles. The van der Waals surface area contributed by atoms with Gasteiger partial charge in [-0.2, -0.15) is 5.26 Å². The lowest BCUT2D eigenvalue weighted by Crippen LogP contribution is -2.33. The molecule has 0 N–H and O–H groups in total. The van der Waals surface area contributed by atoms with Gasteiger partial charge >= 0.3 is 11.9 Å². The number of benzene rings is 1. The first-order chi connectivity index (χ1) is 9.50. The van der Waals surface area contributed by atoms with Crippen molar-refractivity contribution in [2.75, 3.05) is 14.2 Å². The molecule has 0 aliphatic heterocycles. The number of hydrogen-bond donors (Lipinski definition) is 0. The van der Waals surface area contributed by atoms with Crippen molar-refractivity contribution >= 4 is 11.9 Å². The van der Waals surface area contributed by atoms with Gasteiger partial charge in [0.15, 0.2) is 5.41 Å². The molecule has 1 fully saturated rings. The molecule has 0 saturated heterocycles. The quantitative estimate of drug-likeness (QED) is 0.618. The molecule has 1 saturated carbocycles. The standard InChI is InChI=1S/C15H15NO4/c1-14(9-16)11(10-7-5-4-6-8-10)15(14,12(17)19-2)13(18)20-3/h4-8,11H,1-3H3/t11-,14+/m1/s1. The number of ether oxygens (including phenoxy) is 2. The minimum absolute atomic E-state index is 0.568. The van der Waals surface area contributed by atoms with Crippen molar-refractivity contribution in [2.24, 2.45) is 10.8 Å². The van der Waals surface area contributed by atoms with E-state index in [2.05, 4.69) is 6.07 Å². The Labute approximate surface area is 117 Å². The van der Waals surface area contributed by atoms with Gasteiger partial charge in [0, 0.05) is 5.92 Å². The van der Waals surface area contributed by atoms with Gasteiger partial charge in [-0.1, -0.05) is 30.3 Å². The van der Waals surface area contributed by atoms with Crippen LogP contribution in [0.4, 0.5) is 0 Å². The summed E-state index contributed by atoms with van der Waals surface area (Å²) >= 11 is 0. The van der Waals surface area contributed by atoms with Crippen molar-refractivity contribution in [2.45, 2.75) is 12.8 Å². The molecule has 1 aliphatic carbocycles. The highest BCUT2D eigenvalue weighted by Gasteiger charge is 2.85. The molecule has 0 spiro atoms. The summed E-state index contributed by atoms with van der Waals surface area (Å²) in [5.74, 6) is -2.04. The second-order valence-electron chi connectivity index (χ2n) is 4.95. The van der Waals surface area contributed by atoms with E-state index >= 15 is 0 Å². The van der Waals surface area contributed by atoms with E-state index in [1.54, 1.807) is 31.2 Å². The first-order valence-corrected chi connectivity index (χ1v) is 6.13. The predicted molar refractivity (Wildman–Crippen MR) is 69.4 cm³/mol. The van der Waals surface area contributed by atoms with E-state index in [4.69, 9.17) is 9.47 Å². The van der Waals surface area contributed by atoms with Crippen LogP contribution in [-0.2, 0) is 19.1 Å². The molecule has 1 aromatic rings. The summed E-state index contributed by atoms with van der Waals surface area (Å²) in [6, 6.07) is 11.1. The molecule has 1 aromatic carbocycles. The van der Waals surface area contributed by atoms with E-state index in [-0.39, 0.29) is 0 Å². The monoisotopic (exact) mass is 273 g/mol. The van der Waals surface area contributed by atoms with Crippen LogP contribution < -0.4 is 0 Å². The van der Waals surface area contributed by atoms with Gasteiger partial charge in [0.2, 0.25) is 0 Å². The zero-order valence-electron chi connectivity index (χ0n) is 11.5. The minimum Gasteiger partial charge on any atom is -0.468 e. The molecule has 2 atom stereocenters. The van der Waals surface area contributed by atoms with Gasteiger partial charge in [-0.25, -0.2) is 0 Å². The lowest BCUT2D eigenvalue weighted by molar-refractivity contribution is -0.163. The Morgan fingerprint density at radius 3 is 2.05 bits per heavy atom. The molecule has 5 nitrogen and oxygen atoms in total. The van der Waals surface area contributed by atoms with E-state index < -0.39 is 28.7 Å². The molecule has 5 heteroatoms. The number of hydrogen-bond acceptors (Lipinski definition) is 5. The van der Waals surface area contributed by atoms with Gasteiger partial charge in [-0.05, 0) is 12.5 Å². The molecule has 1 aliphatic rings. The largest absolute Gasteiger partial charge is 0.468 e. The van der Waals surface area contributed by atoms with Crippen LogP contribution in [0.5, 0.6) is 0 Å². The third-order valence-corrected chi connectivity index (χ3v) is 4.13. The molecule has 0 unspecified atom stereocenters. The molecule has 20 heavy (non-hydrogen) atoms. The minimum atomic E-state index is -1.59. The maximum absolute atomic E-state index is 12.2. The molecular formula is C15H15NO4. The maximum Gasteiger partial charge on any atom is 0.325 e. The van der Waals surface area contributed by atoms with Crippen molar-refractivity contribution in [1.29, 1.82) is 5.26 Å². The molecule has 0 amide bonds. The summed E-state index contributed by atoms with van der Waals surface area (Å²) in [5, 5.41) is 9.46. The van der Waals surface area contributed by atoms with E-state index in [9.17, 15) is 14.9 Å². The Kier molecular flexibility index (Phi) is 3.26. The van der Waals surface area contributed by atoms with Crippen LogP contribution in [0.1, 0.15) is 18.4 Å². The number of esters is 2. The summed E-state index contributed by atoms with van der Waals surface area (Å²) in [6.07, 6.45) is 0. The number of rotatable bonds is 3. The molecule has 0 bridgehead atoms. The average Bonchev–Trinajstić information content (AvgIpc) is 3.08. The third kappa shape index (κ3) is 1.48. The number of nitrogens with zero attached hydrogens (tertiary/aromatic N) is 1. The summed E-state index contributed by atoms with van der Waals surface area (Å²) in [7, 11) is 2.40. The number of nitriles is 1. The van der Waals surface area contributed by atoms with Crippen LogP contribution in [0.3, 0.4) is 0 Å². The van der Waals surface area contributed by atoms with Crippen molar-refractivity contribution in [3.63, 3.8) is 0 Å². The van der Waals surface area contributed by atoms with Crippen LogP contribution in [0.2, 0.25) is 0 Å². The lowest BCUT2D eigenvalue weighted by Gasteiger charge is -2.13. The number of carbonyl (C=O) groups excluding carboxylic acids is 2. The Hall–Kier alpha value is -2.35. The Morgan fingerprint density at radius 1 is 1.15 bits per heavy atom. The molecule has 2 rings (SSSR count). The first-order valence-electron chi connectivity index (χ1n) is 6.13. The van der Waals surface area contributed by atoms with Crippen LogP contribution in [-0.4, -0.2) is 26.2 Å². The Bertz CT molecular complexity index is 574. The smallest absolute Gasteiger partial charge is 0.325 e. The number of carbonyl (C=O) groups is 2. The maximum atomic E-state index is 12.2. The molecule has 104 valence electrons. The fraction of sp³-hybridized carbons (Fsp3) is 0.400. The zero-order valence-corrected chi connectivity index (χ0v) is 11.5. The summed E-state index contributed by atoms with van der Waals surface area (Å²) in [6.45, 7) is 1.58. The highest BCUT2D eigenvalue weighted by atomic mass is 16.5. The fourth-order valence-corrected chi connectivity index (χ4v) is 3.07. The van der Waals surface area contributed by atoms with Gasteiger partial charge in [-0.15, -0.1) is 0 Å². The van der Waals surface area contributed by atoms with Crippen LogP contribution in [0.25, 0.3) is 0 Å². The third-order valence-electron chi connectivity index (χ3n) is 4.13. The predicted octanol–water partition coefficient (Wildman–Crippen LogP) is 1.65. The SMILES string of the molecule is COC(=O)C1(C(=O)OC)[C@H](c2ccccc2)[C@]1(C)C#N. The first kappa shape index (κ1) is 14.1. The van der Waals surface area contributed by atoms with Crippen molar-refractivity contribution < 1.29 is 19.1 Å². The average molecular weight is 273 g/mol. The summed E-state index contributed by atoms with van der Waals surface area (Å²) in [4.78, 5) is 24.4. The van der Waals surface area contributed by atoms with Crippen LogP contribution >= 0.6 is 0 Å². The van der Waals surface area contributed by atoms with Gasteiger partial charge < -0.3 is 9.47 Å². The molecule has 0 radical (unpaired) electrons. The highest BCUT2D eigenvalue weighted by Crippen LogP contribution is 2.74.